The molecule has 0 fully saturated rings. The van der Waals surface area contributed by atoms with Gasteiger partial charge < -0.3 is 40.1 Å². The first-order valence-electron chi connectivity index (χ1n) is 13.9. The van der Waals surface area contributed by atoms with E-state index in [-0.39, 0.29) is 18.2 Å². The number of rotatable bonds is 19. The van der Waals surface area contributed by atoms with E-state index in [4.69, 9.17) is 29.5 Å². The molecule has 0 aliphatic heterocycles. The maximum Gasteiger partial charge on any atom is 0.252 e. The van der Waals surface area contributed by atoms with Crippen LogP contribution >= 0.6 is 11.8 Å². The Hall–Kier alpha value is -3.91. The van der Waals surface area contributed by atoms with Crippen molar-refractivity contribution in [2.75, 3.05) is 72.3 Å². The van der Waals surface area contributed by atoms with Gasteiger partial charge >= 0.3 is 0 Å². The van der Waals surface area contributed by atoms with Gasteiger partial charge in [-0.05, 0) is 54.6 Å². The molecule has 0 aliphatic rings. The van der Waals surface area contributed by atoms with Gasteiger partial charge in [-0.15, -0.1) is 0 Å². The summed E-state index contributed by atoms with van der Waals surface area (Å²) in [6.45, 7) is 3.82. The number of anilines is 1. The summed E-state index contributed by atoms with van der Waals surface area (Å²) >= 11 is 1.41. The first-order chi connectivity index (χ1) is 21.5. The van der Waals surface area contributed by atoms with E-state index in [0.29, 0.717) is 69.5 Å². The van der Waals surface area contributed by atoms with Crippen molar-refractivity contribution in [1.82, 2.24) is 10.3 Å². The molecule has 0 radical (unpaired) electrons. The fourth-order valence-corrected chi connectivity index (χ4v) is 4.48. The van der Waals surface area contributed by atoms with E-state index in [0.717, 1.165) is 15.5 Å². The van der Waals surface area contributed by atoms with Crippen LogP contribution in [0.25, 0.3) is 6.08 Å². The minimum Gasteiger partial charge on any atom is -0.394 e. The molecule has 2 aromatic carbocycles. The molecule has 44 heavy (non-hydrogen) atoms. The Bertz CT molecular complexity index is 1300. The molecule has 3 rings (SSSR count). The number of aliphatic hydroxyl groups excluding tert-OH is 1. The molecule has 1 heterocycles. The Morgan fingerprint density at radius 1 is 0.932 bits per heavy atom. The van der Waals surface area contributed by atoms with E-state index in [1.54, 1.807) is 50.7 Å². The summed E-state index contributed by atoms with van der Waals surface area (Å²) in [7, 11) is 3.23. The normalized spacial score (nSPS) is 10.6. The number of ether oxygens (including phenoxy) is 4. The molecule has 0 aliphatic carbocycles. The highest BCUT2D eigenvalue weighted by Gasteiger charge is 2.13. The third-order valence-electron chi connectivity index (χ3n) is 5.60. The van der Waals surface area contributed by atoms with Crippen LogP contribution in [0.3, 0.4) is 0 Å². The lowest BCUT2D eigenvalue weighted by Crippen LogP contribution is -2.18. The highest BCUT2D eigenvalue weighted by Crippen LogP contribution is 2.33. The van der Waals surface area contributed by atoms with Crippen molar-refractivity contribution in [3.05, 3.63) is 89.8 Å². The van der Waals surface area contributed by atoms with Crippen molar-refractivity contribution in [1.29, 1.82) is 5.41 Å². The molecule has 0 spiro atoms. The van der Waals surface area contributed by atoms with Gasteiger partial charge in [-0.3, -0.25) is 14.6 Å². The smallest absolute Gasteiger partial charge is 0.252 e. The first kappa shape index (κ1) is 36.3. The lowest BCUT2D eigenvalue weighted by atomic mass is 10.1. The Balaban J connectivity index is 0.000000408. The van der Waals surface area contributed by atoms with E-state index < -0.39 is 0 Å². The largest absolute Gasteiger partial charge is 0.394 e. The van der Waals surface area contributed by atoms with Crippen LogP contribution in [0.1, 0.15) is 21.6 Å². The van der Waals surface area contributed by atoms with Crippen molar-refractivity contribution in [2.45, 2.75) is 9.79 Å². The highest BCUT2D eigenvalue weighted by molar-refractivity contribution is 7.99. The van der Waals surface area contributed by atoms with E-state index in [9.17, 15) is 9.59 Å². The van der Waals surface area contributed by atoms with Crippen LogP contribution < -0.4 is 10.6 Å². The zero-order chi connectivity index (χ0) is 31.8. The molecule has 3 aromatic rings. The standard InChI is InChI=1S/C23H20N4O2S.C9H20O5/c1-25-23(29)19-7-2-3-8-22(19)30-17-10-11-18(21(14-17)27-15-28)20(24)12-9-16-6-4-5-13-26-16;1-11-4-5-13-8-9-14-7-6-12-3-2-10/h2-15,24H,1H3,(H,25,29)(H,27,28);10H,2-9H2,1H3/b12-9+,24-20?;. The molecular formula is C32H40N4O7S. The number of aliphatic hydroxyl groups is 1. The van der Waals surface area contributed by atoms with Crippen LogP contribution in [0.15, 0.2) is 82.7 Å². The van der Waals surface area contributed by atoms with Crippen molar-refractivity contribution >= 4 is 41.6 Å². The molecule has 0 saturated heterocycles. The maximum atomic E-state index is 12.1. The number of methoxy groups -OCH3 is 1. The molecule has 2 amide bonds. The summed E-state index contributed by atoms with van der Waals surface area (Å²) < 4.78 is 20.2. The van der Waals surface area contributed by atoms with Crippen molar-refractivity contribution in [3.8, 4) is 0 Å². The number of nitrogens with zero attached hydrogens (tertiary/aromatic N) is 1. The number of allylic oxidation sites excluding steroid dienone is 1. The second-order valence-corrected chi connectivity index (χ2v) is 9.82. The van der Waals surface area contributed by atoms with Crippen LogP contribution in [0.2, 0.25) is 0 Å². The van der Waals surface area contributed by atoms with Gasteiger partial charge in [0.2, 0.25) is 6.41 Å². The molecule has 0 saturated carbocycles. The van der Waals surface area contributed by atoms with Gasteiger partial charge in [-0.2, -0.15) is 0 Å². The second kappa shape index (κ2) is 22.6. The fourth-order valence-electron chi connectivity index (χ4n) is 3.49. The summed E-state index contributed by atoms with van der Waals surface area (Å²) in [6.07, 6.45) is 5.66. The maximum absolute atomic E-state index is 12.1. The predicted octanol–water partition coefficient (Wildman–Crippen LogP) is 3.92. The molecule has 0 unspecified atom stereocenters. The topological polar surface area (TPSA) is 152 Å². The Morgan fingerprint density at radius 2 is 1.61 bits per heavy atom. The monoisotopic (exact) mass is 624 g/mol. The number of hydrogen-bond donors (Lipinski definition) is 4. The number of aromatic nitrogens is 1. The molecule has 4 N–H and O–H groups in total. The highest BCUT2D eigenvalue weighted by atomic mass is 32.2. The van der Waals surface area contributed by atoms with Gasteiger partial charge in [0, 0.05) is 35.7 Å². The fraction of sp³-hybridized carbons (Fsp3) is 0.312. The minimum absolute atomic E-state index is 0.0557. The zero-order valence-electron chi connectivity index (χ0n) is 25.0. The Morgan fingerprint density at radius 3 is 2.25 bits per heavy atom. The van der Waals surface area contributed by atoms with E-state index in [2.05, 4.69) is 15.6 Å². The number of hydrogen-bond acceptors (Lipinski definition) is 10. The molecule has 1 aromatic heterocycles. The summed E-state index contributed by atoms with van der Waals surface area (Å²) in [5, 5.41) is 22.1. The van der Waals surface area contributed by atoms with Crippen LogP contribution in [0.4, 0.5) is 5.69 Å². The molecule has 236 valence electrons. The Kier molecular flexibility index (Phi) is 18.6. The van der Waals surface area contributed by atoms with Gasteiger partial charge in [0.25, 0.3) is 5.91 Å². The minimum atomic E-state index is -0.164. The molecule has 0 bridgehead atoms. The van der Waals surface area contributed by atoms with Crippen LogP contribution in [-0.2, 0) is 23.7 Å². The Labute approximate surface area is 262 Å². The molecular weight excluding hydrogens is 584 g/mol. The average molecular weight is 625 g/mol. The van der Waals surface area contributed by atoms with Gasteiger partial charge in [0.15, 0.2) is 0 Å². The van der Waals surface area contributed by atoms with E-state index in [1.807, 2.05) is 42.5 Å². The van der Waals surface area contributed by atoms with Crippen LogP contribution in [-0.4, -0.2) is 95.1 Å². The summed E-state index contributed by atoms with van der Waals surface area (Å²) in [4.78, 5) is 29.0. The number of nitrogens with one attached hydrogen (secondary N) is 3. The third kappa shape index (κ3) is 14.0. The number of pyridine rings is 1. The van der Waals surface area contributed by atoms with Crippen molar-refractivity contribution in [2.24, 2.45) is 0 Å². The van der Waals surface area contributed by atoms with Gasteiger partial charge in [-0.1, -0.05) is 30.0 Å². The summed E-state index contributed by atoms with van der Waals surface area (Å²) in [5.41, 5.74) is 2.66. The lowest BCUT2D eigenvalue weighted by molar-refractivity contribution is -0.105. The summed E-state index contributed by atoms with van der Waals surface area (Å²) in [5.74, 6) is -0.164. The zero-order valence-corrected chi connectivity index (χ0v) is 25.8. The van der Waals surface area contributed by atoms with Gasteiger partial charge in [-0.25, -0.2) is 0 Å². The number of benzene rings is 2. The average Bonchev–Trinajstić information content (AvgIpc) is 3.05. The van der Waals surface area contributed by atoms with Gasteiger partial charge in [0.1, 0.15) is 0 Å². The quantitative estimate of drug-likeness (QED) is 0.0884. The molecule has 0 atom stereocenters. The number of carbonyl (C=O) groups excluding carboxylic acids is 2. The van der Waals surface area contributed by atoms with Crippen LogP contribution in [0.5, 0.6) is 0 Å². The molecule has 12 heteroatoms. The van der Waals surface area contributed by atoms with Crippen LogP contribution in [0, 0.1) is 5.41 Å². The van der Waals surface area contributed by atoms with Crippen molar-refractivity contribution < 1.29 is 33.6 Å². The van der Waals surface area contributed by atoms with Gasteiger partial charge in [0.05, 0.1) is 75.5 Å². The molecule has 11 nitrogen and oxygen atoms in total. The third-order valence-corrected chi connectivity index (χ3v) is 6.67. The lowest BCUT2D eigenvalue weighted by Gasteiger charge is -2.12. The van der Waals surface area contributed by atoms with Crippen molar-refractivity contribution in [3.63, 3.8) is 0 Å². The summed E-state index contributed by atoms with van der Waals surface area (Å²) in [6, 6.07) is 18.3. The van der Waals surface area contributed by atoms with E-state index in [1.165, 1.54) is 11.8 Å². The van der Waals surface area contributed by atoms with E-state index >= 15 is 0 Å². The predicted molar refractivity (Wildman–Crippen MR) is 172 cm³/mol. The number of carbonyl (C=O) groups is 2. The second-order valence-electron chi connectivity index (χ2n) is 8.70. The first-order valence-corrected chi connectivity index (χ1v) is 14.7. The SMILES string of the molecule is CNC(=O)c1ccccc1Sc1ccc(C(=N)/C=C/c2ccccn2)c(NC=O)c1.COCCOCCOCCOCCO. The number of amides is 2.